The van der Waals surface area contributed by atoms with Crippen LogP contribution in [0.2, 0.25) is 0 Å². The van der Waals surface area contributed by atoms with E-state index >= 15 is 0 Å². The molecule has 0 saturated carbocycles. The molecule has 0 bridgehead atoms. The smallest absolute Gasteiger partial charge is 0.404 e. The van der Waals surface area contributed by atoms with Gasteiger partial charge in [0, 0.05) is 25.7 Å². The van der Waals surface area contributed by atoms with Gasteiger partial charge in [-0.1, -0.05) is 0 Å². The minimum absolute atomic E-state index is 0.183. The largest absolute Gasteiger partial charge is 0.433 e. The van der Waals surface area contributed by atoms with Crippen LogP contribution in [0.1, 0.15) is 12.7 Å². The summed E-state index contributed by atoms with van der Waals surface area (Å²) in [6.07, 6.45) is 0. The molecule has 0 amide bonds. The summed E-state index contributed by atoms with van der Waals surface area (Å²) in [6.45, 7) is 5.60. The number of nitro groups is 1. The maximum Gasteiger partial charge on any atom is 0.433 e. The molecule has 1 aliphatic heterocycles. The number of rotatable bonds is 3. The van der Waals surface area contributed by atoms with Gasteiger partial charge in [0.1, 0.15) is 10.7 Å². The Labute approximate surface area is 93.4 Å². The van der Waals surface area contributed by atoms with Crippen molar-refractivity contribution in [1.82, 2.24) is 10.2 Å². The molecule has 1 atom stereocenters. The van der Waals surface area contributed by atoms with E-state index in [2.05, 4.69) is 17.1 Å². The Morgan fingerprint density at radius 3 is 3.12 bits per heavy atom. The maximum atomic E-state index is 10.5. The molecule has 1 N–H and O–H groups in total. The summed E-state index contributed by atoms with van der Waals surface area (Å²) in [5, 5.41) is 13.8. The Hall–Kier alpha value is -1.40. The number of hydrogen-bond donors (Lipinski definition) is 1. The average Bonchev–Trinajstić information content (AvgIpc) is 2.70. The highest BCUT2D eigenvalue weighted by atomic mass is 16.6. The summed E-state index contributed by atoms with van der Waals surface area (Å²) in [4.78, 5) is 12.2. The lowest BCUT2D eigenvalue weighted by atomic mass is 10.2. The molecule has 1 aromatic rings. The lowest BCUT2D eigenvalue weighted by Gasteiger charge is -2.32. The van der Waals surface area contributed by atoms with Crippen LogP contribution in [-0.4, -0.2) is 35.5 Å². The fraction of sp³-hybridized carbons (Fsp3) is 0.600. The standard InChI is InChI=1S/C10H15N3O3/c1-8-6-11-4-5-12(8)7-9-2-3-10(16-9)13(14)15/h2-3,8,11H,4-7H2,1H3/t8-/m0/s1. The third-order valence-electron chi connectivity index (χ3n) is 2.83. The molecule has 0 aliphatic carbocycles. The van der Waals surface area contributed by atoms with Crippen molar-refractivity contribution < 1.29 is 9.34 Å². The molecule has 0 unspecified atom stereocenters. The van der Waals surface area contributed by atoms with Crippen LogP contribution in [0.5, 0.6) is 0 Å². The molecule has 0 radical (unpaired) electrons. The highest BCUT2D eigenvalue weighted by molar-refractivity contribution is 5.17. The molecular formula is C10H15N3O3. The summed E-state index contributed by atoms with van der Waals surface area (Å²) in [5.74, 6) is 0.471. The third-order valence-corrected chi connectivity index (χ3v) is 2.83. The van der Waals surface area contributed by atoms with Crippen LogP contribution in [0.15, 0.2) is 16.5 Å². The Morgan fingerprint density at radius 1 is 1.69 bits per heavy atom. The van der Waals surface area contributed by atoms with E-state index in [4.69, 9.17) is 4.42 Å². The van der Waals surface area contributed by atoms with Crippen molar-refractivity contribution in [3.05, 3.63) is 28.0 Å². The predicted octanol–water partition coefficient (Wildman–Crippen LogP) is 0.981. The quantitative estimate of drug-likeness (QED) is 0.613. The monoisotopic (exact) mass is 225 g/mol. The first kappa shape index (κ1) is 11.1. The topological polar surface area (TPSA) is 71.5 Å². The summed E-state index contributed by atoms with van der Waals surface area (Å²) in [5.41, 5.74) is 0. The number of furan rings is 1. The number of nitrogens with zero attached hydrogens (tertiary/aromatic N) is 2. The van der Waals surface area contributed by atoms with Gasteiger partial charge in [-0.05, 0) is 13.0 Å². The Kier molecular flexibility index (Phi) is 3.21. The van der Waals surface area contributed by atoms with Crippen LogP contribution in [-0.2, 0) is 6.54 Å². The first-order valence-electron chi connectivity index (χ1n) is 5.34. The highest BCUT2D eigenvalue weighted by Crippen LogP contribution is 2.18. The summed E-state index contributed by atoms with van der Waals surface area (Å²) in [6, 6.07) is 3.51. The highest BCUT2D eigenvalue weighted by Gasteiger charge is 2.20. The molecule has 1 fully saturated rings. The molecule has 88 valence electrons. The van der Waals surface area contributed by atoms with Gasteiger partial charge in [0.05, 0.1) is 12.6 Å². The van der Waals surface area contributed by atoms with E-state index in [-0.39, 0.29) is 5.88 Å². The van der Waals surface area contributed by atoms with Gasteiger partial charge in [0.25, 0.3) is 0 Å². The first-order chi connectivity index (χ1) is 7.66. The van der Waals surface area contributed by atoms with E-state index in [0.717, 1.165) is 19.6 Å². The van der Waals surface area contributed by atoms with Gasteiger partial charge >= 0.3 is 5.88 Å². The number of hydrogen-bond acceptors (Lipinski definition) is 5. The van der Waals surface area contributed by atoms with Crippen molar-refractivity contribution >= 4 is 5.88 Å². The van der Waals surface area contributed by atoms with Gasteiger partial charge < -0.3 is 9.73 Å². The fourth-order valence-corrected chi connectivity index (χ4v) is 1.87. The minimum atomic E-state index is -0.509. The molecule has 1 aliphatic rings. The van der Waals surface area contributed by atoms with Crippen molar-refractivity contribution in [2.45, 2.75) is 19.5 Å². The SMILES string of the molecule is C[C@H]1CNCCN1Cc1ccc([N+](=O)[O-])o1. The molecule has 2 heterocycles. The normalized spacial score (nSPS) is 22.2. The fourth-order valence-electron chi connectivity index (χ4n) is 1.87. The van der Waals surface area contributed by atoms with Crippen LogP contribution >= 0.6 is 0 Å². The predicted molar refractivity (Wildman–Crippen MR) is 58.1 cm³/mol. The second-order valence-electron chi connectivity index (χ2n) is 4.02. The zero-order chi connectivity index (χ0) is 11.5. The Morgan fingerprint density at radius 2 is 2.50 bits per heavy atom. The van der Waals surface area contributed by atoms with Gasteiger partial charge in [-0.2, -0.15) is 0 Å². The Bertz CT molecular complexity index is 377. The number of piperazine rings is 1. The van der Waals surface area contributed by atoms with Gasteiger partial charge in [0.15, 0.2) is 0 Å². The van der Waals surface area contributed by atoms with E-state index in [1.54, 1.807) is 6.07 Å². The molecule has 1 aromatic heterocycles. The molecule has 2 rings (SSSR count). The summed E-state index contributed by atoms with van der Waals surface area (Å²) in [7, 11) is 0. The van der Waals surface area contributed by atoms with Crippen LogP contribution in [0.4, 0.5) is 5.88 Å². The average molecular weight is 225 g/mol. The summed E-state index contributed by atoms with van der Waals surface area (Å²) < 4.78 is 5.13. The lowest BCUT2D eigenvalue weighted by molar-refractivity contribution is -0.402. The van der Waals surface area contributed by atoms with Crippen molar-refractivity contribution in [1.29, 1.82) is 0 Å². The molecular weight excluding hydrogens is 210 g/mol. The van der Waals surface area contributed by atoms with Crippen LogP contribution in [0.25, 0.3) is 0 Å². The van der Waals surface area contributed by atoms with Crippen LogP contribution < -0.4 is 5.32 Å². The van der Waals surface area contributed by atoms with Crippen LogP contribution in [0, 0.1) is 10.1 Å². The molecule has 0 aromatic carbocycles. The van der Waals surface area contributed by atoms with Crippen molar-refractivity contribution in [2.24, 2.45) is 0 Å². The van der Waals surface area contributed by atoms with Crippen molar-refractivity contribution in [3.63, 3.8) is 0 Å². The molecule has 6 nitrogen and oxygen atoms in total. The maximum absolute atomic E-state index is 10.5. The van der Waals surface area contributed by atoms with Gasteiger partial charge in [-0.3, -0.25) is 15.0 Å². The van der Waals surface area contributed by atoms with Gasteiger partial charge in [-0.15, -0.1) is 0 Å². The minimum Gasteiger partial charge on any atom is -0.404 e. The molecule has 0 spiro atoms. The van der Waals surface area contributed by atoms with Crippen molar-refractivity contribution in [2.75, 3.05) is 19.6 Å². The van der Waals surface area contributed by atoms with E-state index < -0.39 is 4.92 Å². The summed E-state index contributed by atoms with van der Waals surface area (Å²) >= 11 is 0. The molecule has 6 heteroatoms. The zero-order valence-electron chi connectivity index (χ0n) is 9.18. The van der Waals surface area contributed by atoms with Crippen molar-refractivity contribution in [3.8, 4) is 0 Å². The van der Waals surface area contributed by atoms with E-state index in [1.807, 2.05) is 0 Å². The first-order valence-corrected chi connectivity index (χ1v) is 5.34. The van der Waals surface area contributed by atoms with E-state index in [9.17, 15) is 10.1 Å². The molecule has 1 saturated heterocycles. The van der Waals surface area contributed by atoms with Crippen LogP contribution in [0.3, 0.4) is 0 Å². The second-order valence-corrected chi connectivity index (χ2v) is 4.02. The number of nitrogens with one attached hydrogen (secondary N) is 1. The Balaban J connectivity index is 1.99. The van der Waals surface area contributed by atoms with Gasteiger partial charge in [-0.25, -0.2) is 0 Å². The van der Waals surface area contributed by atoms with E-state index in [1.165, 1.54) is 6.07 Å². The third kappa shape index (κ3) is 2.40. The second kappa shape index (κ2) is 4.63. The molecule has 16 heavy (non-hydrogen) atoms. The van der Waals surface area contributed by atoms with E-state index in [0.29, 0.717) is 18.3 Å². The van der Waals surface area contributed by atoms with Gasteiger partial charge in [0.2, 0.25) is 0 Å². The zero-order valence-corrected chi connectivity index (χ0v) is 9.18. The lowest BCUT2D eigenvalue weighted by Crippen LogP contribution is -2.49.